The number of hydrogen-bond acceptors (Lipinski definition) is 2. The van der Waals surface area contributed by atoms with E-state index in [1.807, 2.05) is 5.92 Å². The van der Waals surface area contributed by atoms with Gasteiger partial charge in [-0.15, -0.1) is 6.42 Å². The van der Waals surface area contributed by atoms with Gasteiger partial charge in [0.05, 0.1) is 0 Å². The van der Waals surface area contributed by atoms with E-state index in [4.69, 9.17) is 11.5 Å². The summed E-state index contributed by atoms with van der Waals surface area (Å²) in [7, 11) is 1.55. The Morgan fingerprint density at radius 1 is 1.58 bits per heavy atom. The zero-order valence-electron chi connectivity index (χ0n) is 6.91. The average Bonchev–Trinajstić information content (AvgIpc) is 2.02. The maximum atomic E-state index is 10.7. The summed E-state index contributed by atoms with van der Waals surface area (Å²) in [5.74, 6) is 0.662. The minimum absolute atomic E-state index is 0.0577. The molecule has 0 saturated carbocycles. The van der Waals surface area contributed by atoms with Crippen LogP contribution < -0.4 is 0 Å². The molecule has 0 aliphatic carbocycles. The highest BCUT2D eigenvalue weighted by atomic mass is 16.4. The highest BCUT2D eigenvalue weighted by Crippen LogP contribution is 1.92. The molecule has 0 heterocycles. The highest BCUT2D eigenvalue weighted by molar-refractivity contribution is 5.92. The van der Waals surface area contributed by atoms with Crippen molar-refractivity contribution in [2.24, 2.45) is 0 Å². The van der Waals surface area contributed by atoms with Crippen LogP contribution in [0.4, 0.5) is 0 Å². The van der Waals surface area contributed by atoms with Gasteiger partial charge in [0.15, 0.2) is 0 Å². The van der Waals surface area contributed by atoms with E-state index in [9.17, 15) is 9.59 Å². The van der Waals surface area contributed by atoms with Crippen LogP contribution in [0.2, 0.25) is 0 Å². The van der Waals surface area contributed by atoms with Crippen LogP contribution in [-0.4, -0.2) is 35.5 Å². The number of aliphatic carboxylic acids is 1. The Morgan fingerprint density at radius 2 is 2.17 bits per heavy atom. The summed E-state index contributed by atoms with van der Waals surface area (Å²) in [5, 5.41) is 8.28. The van der Waals surface area contributed by atoms with E-state index in [1.54, 1.807) is 7.05 Å². The minimum atomic E-state index is -0.864. The smallest absolute Gasteiger partial charge is 0.303 e. The second kappa shape index (κ2) is 5.19. The first-order valence-electron chi connectivity index (χ1n) is 3.51. The molecule has 0 aromatic heterocycles. The number of amides is 1. The lowest BCUT2D eigenvalue weighted by molar-refractivity contribution is -0.137. The molecule has 0 unspecified atom stereocenters. The maximum Gasteiger partial charge on any atom is 0.303 e. The van der Waals surface area contributed by atoms with Gasteiger partial charge in [0.25, 0.3) is 5.91 Å². The fraction of sp³-hybridized carbons (Fsp3) is 0.500. The van der Waals surface area contributed by atoms with Gasteiger partial charge in [-0.25, -0.2) is 0 Å². The average molecular weight is 169 g/mol. The van der Waals surface area contributed by atoms with E-state index in [0.29, 0.717) is 13.0 Å². The Bertz CT molecular complexity index is 217. The molecule has 0 aromatic carbocycles. The van der Waals surface area contributed by atoms with Crippen LogP contribution in [0.1, 0.15) is 12.8 Å². The van der Waals surface area contributed by atoms with Crippen molar-refractivity contribution in [3.05, 3.63) is 0 Å². The third-order valence-corrected chi connectivity index (χ3v) is 1.35. The summed E-state index contributed by atoms with van der Waals surface area (Å²) in [6.45, 7) is 0.384. The molecule has 12 heavy (non-hydrogen) atoms. The Labute approximate surface area is 71.2 Å². The molecule has 0 aromatic rings. The summed E-state index contributed by atoms with van der Waals surface area (Å²) < 4.78 is 0. The van der Waals surface area contributed by atoms with E-state index >= 15 is 0 Å². The summed E-state index contributed by atoms with van der Waals surface area (Å²) in [6.07, 6.45) is 5.33. The van der Waals surface area contributed by atoms with Crippen molar-refractivity contribution in [2.45, 2.75) is 12.8 Å². The van der Waals surface area contributed by atoms with Gasteiger partial charge < -0.3 is 10.0 Å². The van der Waals surface area contributed by atoms with E-state index < -0.39 is 11.9 Å². The van der Waals surface area contributed by atoms with Crippen LogP contribution in [-0.2, 0) is 9.59 Å². The van der Waals surface area contributed by atoms with Crippen molar-refractivity contribution in [1.82, 2.24) is 4.90 Å². The minimum Gasteiger partial charge on any atom is -0.481 e. The number of hydrogen-bond donors (Lipinski definition) is 1. The first kappa shape index (κ1) is 10.5. The molecular formula is C8H11NO3. The second-order valence-corrected chi connectivity index (χ2v) is 2.37. The van der Waals surface area contributed by atoms with Gasteiger partial charge in [-0.1, -0.05) is 0 Å². The summed E-state index contributed by atoms with van der Waals surface area (Å²) in [4.78, 5) is 22.1. The first-order chi connectivity index (χ1) is 5.57. The number of carbonyl (C=O) groups excluding carboxylic acids is 1. The van der Waals surface area contributed by atoms with Gasteiger partial charge in [-0.05, 0) is 12.3 Å². The van der Waals surface area contributed by atoms with E-state index in [1.165, 1.54) is 4.90 Å². The molecule has 66 valence electrons. The summed E-state index contributed by atoms with van der Waals surface area (Å²) in [5.41, 5.74) is 0. The number of nitrogens with zero attached hydrogens (tertiary/aromatic N) is 1. The molecule has 0 bridgehead atoms. The zero-order valence-corrected chi connectivity index (χ0v) is 6.91. The maximum absolute atomic E-state index is 10.7. The Hall–Kier alpha value is -1.50. The van der Waals surface area contributed by atoms with Crippen molar-refractivity contribution in [3.63, 3.8) is 0 Å². The van der Waals surface area contributed by atoms with Crippen molar-refractivity contribution in [1.29, 1.82) is 0 Å². The Balaban J connectivity index is 3.59. The molecule has 0 aliphatic heterocycles. The molecule has 1 N–H and O–H groups in total. The van der Waals surface area contributed by atoms with Crippen LogP contribution in [0, 0.1) is 12.3 Å². The first-order valence-corrected chi connectivity index (χ1v) is 3.51. The normalized spacial score (nSPS) is 8.67. The van der Waals surface area contributed by atoms with Gasteiger partial charge in [-0.2, -0.15) is 0 Å². The fourth-order valence-electron chi connectivity index (χ4n) is 0.679. The van der Waals surface area contributed by atoms with E-state index in [0.717, 1.165) is 0 Å². The van der Waals surface area contributed by atoms with E-state index in [2.05, 4.69) is 0 Å². The van der Waals surface area contributed by atoms with Gasteiger partial charge in [-0.3, -0.25) is 9.59 Å². The number of carboxylic acid groups (broad SMARTS) is 1. The number of carbonyl (C=O) groups is 2. The van der Waals surface area contributed by atoms with Crippen LogP contribution >= 0.6 is 0 Å². The van der Waals surface area contributed by atoms with Crippen LogP contribution in [0.5, 0.6) is 0 Å². The third-order valence-electron chi connectivity index (χ3n) is 1.35. The van der Waals surface area contributed by atoms with Crippen molar-refractivity contribution in [3.8, 4) is 12.3 Å². The topological polar surface area (TPSA) is 57.6 Å². The summed E-state index contributed by atoms with van der Waals surface area (Å²) >= 11 is 0. The Morgan fingerprint density at radius 3 is 2.58 bits per heavy atom. The van der Waals surface area contributed by atoms with Gasteiger partial charge in [0.1, 0.15) is 0 Å². The standard InChI is InChI=1S/C8H11NO3/c1-3-7(10)9(2)6-4-5-8(11)12/h1H,4-6H2,2H3,(H,11,12). The van der Waals surface area contributed by atoms with Gasteiger partial charge >= 0.3 is 5.97 Å². The SMILES string of the molecule is C#CC(=O)N(C)CCCC(=O)O. The van der Waals surface area contributed by atoms with Gasteiger partial charge in [0, 0.05) is 20.0 Å². The van der Waals surface area contributed by atoms with Crippen LogP contribution in [0.25, 0.3) is 0 Å². The molecule has 0 aliphatic rings. The number of carboxylic acids is 1. The van der Waals surface area contributed by atoms with Crippen molar-refractivity contribution in [2.75, 3.05) is 13.6 Å². The van der Waals surface area contributed by atoms with Gasteiger partial charge in [0.2, 0.25) is 0 Å². The molecule has 0 rings (SSSR count). The van der Waals surface area contributed by atoms with Crippen LogP contribution in [0.3, 0.4) is 0 Å². The predicted octanol–water partition coefficient (Wildman–Crippen LogP) is -0.0572. The summed E-state index contributed by atoms with van der Waals surface area (Å²) in [6, 6.07) is 0. The molecule has 0 fully saturated rings. The molecule has 4 nitrogen and oxygen atoms in total. The Kier molecular flexibility index (Phi) is 4.54. The highest BCUT2D eigenvalue weighted by Gasteiger charge is 2.04. The molecule has 0 saturated heterocycles. The van der Waals surface area contributed by atoms with Crippen molar-refractivity contribution < 1.29 is 14.7 Å². The van der Waals surface area contributed by atoms with Crippen LogP contribution in [0.15, 0.2) is 0 Å². The molecule has 0 radical (unpaired) electrons. The number of rotatable bonds is 4. The molecule has 0 atom stereocenters. The number of terminal acetylenes is 1. The second-order valence-electron chi connectivity index (χ2n) is 2.37. The lowest BCUT2D eigenvalue weighted by atomic mass is 10.3. The quantitative estimate of drug-likeness (QED) is 0.600. The zero-order chi connectivity index (χ0) is 9.56. The molecular weight excluding hydrogens is 158 g/mol. The predicted molar refractivity (Wildman–Crippen MR) is 43.3 cm³/mol. The lowest BCUT2D eigenvalue weighted by Gasteiger charge is -2.11. The largest absolute Gasteiger partial charge is 0.481 e. The van der Waals surface area contributed by atoms with E-state index in [-0.39, 0.29) is 6.42 Å². The molecule has 1 amide bonds. The fourth-order valence-corrected chi connectivity index (χ4v) is 0.679. The molecule has 4 heteroatoms. The monoisotopic (exact) mass is 169 g/mol. The lowest BCUT2D eigenvalue weighted by Crippen LogP contribution is -2.26. The molecule has 0 spiro atoms. The van der Waals surface area contributed by atoms with Crippen molar-refractivity contribution >= 4 is 11.9 Å². The third kappa shape index (κ3) is 4.34.